The van der Waals surface area contributed by atoms with Crippen molar-refractivity contribution in [2.45, 2.75) is 45.1 Å². The van der Waals surface area contributed by atoms with E-state index in [2.05, 4.69) is 12.1 Å². The summed E-state index contributed by atoms with van der Waals surface area (Å²) < 4.78 is 16.0. The number of methoxy groups -OCH3 is 2. The SMILES string of the molecule is CCCc1cc([C@@H]2CCCN2C(=O)Cc2ccc(OC)c(OC)c2)no1. The van der Waals surface area contributed by atoms with Crippen molar-refractivity contribution in [3.63, 3.8) is 0 Å². The standard InChI is InChI=1S/C20H26N2O4/c1-4-6-15-13-16(21-26-15)17-7-5-10-22(17)20(23)12-14-8-9-18(24-2)19(11-14)25-3/h8-9,11,13,17H,4-7,10,12H2,1-3H3/t17-/m0/s1. The maximum absolute atomic E-state index is 12.9. The van der Waals surface area contributed by atoms with Crippen molar-refractivity contribution in [1.29, 1.82) is 0 Å². The van der Waals surface area contributed by atoms with Gasteiger partial charge in [-0.1, -0.05) is 18.1 Å². The summed E-state index contributed by atoms with van der Waals surface area (Å²) in [4.78, 5) is 14.8. The lowest BCUT2D eigenvalue weighted by atomic mass is 10.1. The highest BCUT2D eigenvalue weighted by molar-refractivity contribution is 5.79. The molecular formula is C20H26N2O4. The third kappa shape index (κ3) is 3.84. The summed E-state index contributed by atoms with van der Waals surface area (Å²) >= 11 is 0. The van der Waals surface area contributed by atoms with Crippen LogP contribution in [0.3, 0.4) is 0 Å². The topological polar surface area (TPSA) is 64.8 Å². The Hall–Kier alpha value is -2.50. The van der Waals surface area contributed by atoms with Crippen molar-refractivity contribution in [3.8, 4) is 11.5 Å². The Labute approximate surface area is 154 Å². The number of ether oxygens (including phenoxy) is 2. The monoisotopic (exact) mass is 358 g/mol. The van der Waals surface area contributed by atoms with E-state index in [4.69, 9.17) is 14.0 Å². The largest absolute Gasteiger partial charge is 0.493 e. The summed E-state index contributed by atoms with van der Waals surface area (Å²) in [6.07, 6.45) is 4.13. The van der Waals surface area contributed by atoms with Gasteiger partial charge in [-0.15, -0.1) is 0 Å². The highest BCUT2D eigenvalue weighted by atomic mass is 16.5. The van der Waals surface area contributed by atoms with Crippen LogP contribution in [0.1, 0.15) is 49.2 Å². The minimum absolute atomic E-state index is 0.0111. The van der Waals surface area contributed by atoms with E-state index in [1.807, 2.05) is 29.2 Å². The predicted octanol–water partition coefficient (Wildman–Crippen LogP) is 3.55. The van der Waals surface area contributed by atoms with Gasteiger partial charge < -0.3 is 18.9 Å². The van der Waals surface area contributed by atoms with Crippen LogP contribution < -0.4 is 9.47 Å². The molecule has 1 fully saturated rings. The molecule has 1 atom stereocenters. The number of rotatable bonds is 7. The van der Waals surface area contributed by atoms with Gasteiger partial charge in [0.2, 0.25) is 5.91 Å². The zero-order valence-electron chi connectivity index (χ0n) is 15.7. The number of hydrogen-bond donors (Lipinski definition) is 0. The molecule has 2 aromatic rings. The van der Waals surface area contributed by atoms with Crippen LogP contribution in [0.15, 0.2) is 28.8 Å². The van der Waals surface area contributed by atoms with Crippen molar-refractivity contribution in [1.82, 2.24) is 10.1 Å². The van der Waals surface area contributed by atoms with Crippen molar-refractivity contribution in [2.24, 2.45) is 0 Å². The molecule has 0 spiro atoms. The molecule has 0 bridgehead atoms. The van der Waals surface area contributed by atoms with Gasteiger partial charge in [0.25, 0.3) is 0 Å². The molecule has 3 rings (SSSR count). The highest BCUT2D eigenvalue weighted by Gasteiger charge is 2.32. The fourth-order valence-electron chi connectivity index (χ4n) is 3.49. The number of carbonyl (C=O) groups excluding carboxylic acids is 1. The van der Waals surface area contributed by atoms with E-state index in [0.29, 0.717) is 17.9 Å². The average molecular weight is 358 g/mol. The molecular weight excluding hydrogens is 332 g/mol. The number of benzene rings is 1. The lowest BCUT2D eigenvalue weighted by Crippen LogP contribution is -2.32. The zero-order valence-corrected chi connectivity index (χ0v) is 15.7. The Balaban J connectivity index is 1.72. The van der Waals surface area contributed by atoms with Gasteiger partial charge in [-0.25, -0.2) is 0 Å². The van der Waals surface area contributed by atoms with Crippen molar-refractivity contribution in [2.75, 3.05) is 20.8 Å². The molecule has 1 saturated heterocycles. The average Bonchev–Trinajstić information content (AvgIpc) is 3.31. The van der Waals surface area contributed by atoms with Gasteiger partial charge in [-0.3, -0.25) is 4.79 Å². The fraction of sp³-hybridized carbons (Fsp3) is 0.500. The van der Waals surface area contributed by atoms with Crippen molar-refractivity contribution in [3.05, 3.63) is 41.3 Å². The molecule has 1 aliphatic heterocycles. The number of aromatic nitrogens is 1. The Bertz CT molecular complexity index is 756. The molecule has 0 aliphatic carbocycles. The normalized spacial score (nSPS) is 16.7. The molecule has 140 valence electrons. The van der Waals surface area contributed by atoms with Crippen LogP contribution >= 0.6 is 0 Å². The molecule has 1 amide bonds. The van der Waals surface area contributed by atoms with Crippen molar-refractivity contribution >= 4 is 5.91 Å². The number of carbonyl (C=O) groups is 1. The van der Waals surface area contributed by atoms with Gasteiger partial charge >= 0.3 is 0 Å². The third-order valence-electron chi connectivity index (χ3n) is 4.79. The highest BCUT2D eigenvalue weighted by Crippen LogP contribution is 2.33. The second-order valence-electron chi connectivity index (χ2n) is 6.58. The molecule has 6 nitrogen and oxygen atoms in total. The first-order chi connectivity index (χ1) is 12.7. The second kappa shape index (κ2) is 8.25. The zero-order chi connectivity index (χ0) is 18.5. The van der Waals surface area contributed by atoms with Crippen LogP contribution in [0.5, 0.6) is 11.5 Å². The Morgan fingerprint density at radius 1 is 1.27 bits per heavy atom. The minimum atomic E-state index is 0.0111. The van der Waals surface area contributed by atoms with Gasteiger partial charge in [0.1, 0.15) is 11.5 Å². The van der Waals surface area contributed by atoms with Crippen LogP contribution in [0.25, 0.3) is 0 Å². The quantitative estimate of drug-likeness (QED) is 0.757. The summed E-state index contributed by atoms with van der Waals surface area (Å²) in [5, 5.41) is 4.20. The summed E-state index contributed by atoms with van der Waals surface area (Å²) in [6.45, 7) is 2.86. The van der Waals surface area contributed by atoms with Crippen LogP contribution in [0.4, 0.5) is 0 Å². The number of likely N-dealkylation sites (tertiary alicyclic amines) is 1. The molecule has 0 unspecified atom stereocenters. The van der Waals surface area contributed by atoms with E-state index >= 15 is 0 Å². The van der Waals surface area contributed by atoms with Crippen molar-refractivity contribution < 1.29 is 18.8 Å². The van der Waals surface area contributed by atoms with E-state index < -0.39 is 0 Å². The first-order valence-corrected chi connectivity index (χ1v) is 9.12. The summed E-state index contributed by atoms with van der Waals surface area (Å²) in [6, 6.07) is 7.60. The summed E-state index contributed by atoms with van der Waals surface area (Å²) in [5.74, 6) is 2.28. The Morgan fingerprint density at radius 2 is 2.08 bits per heavy atom. The van der Waals surface area contributed by atoms with E-state index in [1.165, 1.54) is 0 Å². The third-order valence-corrected chi connectivity index (χ3v) is 4.79. The van der Waals surface area contributed by atoms with Crippen LogP contribution in [-0.2, 0) is 17.6 Å². The van der Waals surface area contributed by atoms with Gasteiger partial charge in [0.05, 0.1) is 26.7 Å². The lowest BCUT2D eigenvalue weighted by Gasteiger charge is -2.23. The number of hydrogen-bond acceptors (Lipinski definition) is 5. The molecule has 0 saturated carbocycles. The first-order valence-electron chi connectivity index (χ1n) is 9.12. The molecule has 1 aliphatic rings. The molecule has 0 radical (unpaired) electrons. The van der Waals surface area contributed by atoms with E-state index in [-0.39, 0.29) is 11.9 Å². The summed E-state index contributed by atoms with van der Waals surface area (Å²) in [5.41, 5.74) is 1.77. The van der Waals surface area contributed by atoms with Gasteiger partial charge in [-0.05, 0) is 37.0 Å². The number of amides is 1. The van der Waals surface area contributed by atoms with Crippen LogP contribution in [0.2, 0.25) is 0 Å². The predicted molar refractivity (Wildman–Crippen MR) is 97.4 cm³/mol. The lowest BCUT2D eigenvalue weighted by molar-refractivity contribution is -0.131. The molecule has 6 heteroatoms. The second-order valence-corrected chi connectivity index (χ2v) is 6.58. The van der Waals surface area contributed by atoms with Gasteiger partial charge in [0.15, 0.2) is 11.5 Å². The maximum atomic E-state index is 12.9. The van der Waals surface area contributed by atoms with Crippen LogP contribution in [0, 0.1) is 0 Å². The van der Waals surface area contributed by atoms with E-state index in [1.54, 1.807) is 14.2 Å². The van der Waals surface area contributed by atoms with E-state index in [9.17, 15) is 4.79 Å². The smallest absolute Gasteiger partial charge is 0.227 e. The van der Waals surface area contributed by atoms with Gasteiger partial charge in [-0.2, -0.15) is 0 Å². The maximum Gasteiger partial charge on any atom is 0.227 e. The molecule has 2 heterocycles. The van der Waals surface area contributed by atoms with E-state index in [0.717, 1.165) is 49.2 Å². The van der Waals surface area contributed by atoms with Gasteiger partial charge in [0, 0.05) is 19.0 Å². The first kappa shape index (κ1) is 18.3. The number of nitrogens with zero attached hydrogens (tertiary/aromatic N) is 2. The Kier molecular flexibility index (Phi) is 5.81. The number of aryl methyl sites for hydroxylation is 1. The Morgan fingerprint density at radius 3 is 2.81 bits per heavy atom. The fourth-order valence-corrected chi connectivity index (χ4v) is 3.49. The molecule has 26 heavy (non-hydrogen) atoms. The minimum Gasteiger partial charge on any atom is -0.493 e. The summed E-state index contributed by atoms with van der Waals surface area (Å²) in [7, 11) is 3.20. The molecule has 1 aromatic heterocycles. The molecule has 1 aromatic carbocycles. The molecule has 0 N–H and O–H groups in total. The van der Waals surface area contributed by atoms with Crippen LogP contribution in [-0.4, -0.2) is 36.7 Å².